The highest BCUT2D eigenvalue weighted by Gasteiger charge is 2.35. The molecule has 1 atom stereocenters. The number of amides is 2. The molecule has 2 aromatic rings. The lowest BCUT2D eigenvalue weighted by atomic mass is 10.1. The molecule has 1 aliphatic carbocycles. The lowest BCUT2D eigenvalue weighted by Gasteiger charge is -2.20. The average molecular weight is 395 g/mol. The first kappa shape index (κ1) is 18.0. The summed E-state index contributed by atoms with van der Waals surface area (Å²) in [5.74, 6) is -0.239. The van der Waals surface area contributed by atoms with Crippen molar-refractivity contribution in [3.8, 4) is 0 Å². The maximum atomic E-state index is 14.9. The molecule has 29 heavy (non-hydrogen) atoms. The molecular formula is C22H22FN3O3. The number of carbonyl (C=O) groups is 2. The van der Waals surface area contributed by atoms with Crippen LogP contribution >= 0.6 is 0 Å². The second-order valence-corrected chi connectivity index (χ2v) is 7.90. The largest absolute Gasteiger partial charge is 0.442 e. The van der Waals surface area contributed by atoms with Crippen molar-refractivity contribution in [3.05, 3.63) is 59.4 Å². The lowest BCUT2D eigenvalue weighted by molar-refractivity contribution is -0.122. The fourth-order valence-corrected chi connectivity index (χ4v) is 3.97. The van der Waals surface area contributed by atoms with Gasteiger partial charge in [0.15, 0.2) is 0 Å². The number of nitrogens with one attached hydrogen (secondary N) is 1. The third-order valence-corrected chi connectivity index (χ3v) is 5.75. The van der Waals surface area contributed by atoms with Crippen molar-refractivity contribution in [2.45, 2.75) is 32.0 Å². The minimum atomic E-state index is -0.517. The van der Waals surface area contributed by atoms with Crippen LogP contribution in [0, 0.1) is 11.7 Å². The first-order valence-electron chi connectivity index (χ1n) is 9.95. The number of fused-ring (bicyclic) bond motifs is 1. The van der Waals surface area contributed by atoms with Gasteiger partial charge in [-0.3, -0.25) is 9.69 Å². The Balaban J connectivity index is 1.25. The van der Waals surface area contributed by atoms with Crippen LogP contribution in [-0.4, -0.2) is 31.2 Å². The standard InChI is InChI=1S/C22H22FN3O3/c23-19-9-17(7-8-20(19)25-11-15-3-1-2-4-16(15)12-25)26-13-18(29-22(26)28)10-24-21(27)14-5-6-14/h1-4,7-9,14,18H,5-6,10-13H2,(H,24,27)/t18-/m0/s1. The summed E-state index contributed by atoms with van der Waals surface area (Å²) in [5, 5.41) is 2.82. The van der Waals surface area contributed by atoms with Crippen LogP contribution in [0.5, 0.6) is 0 Å². The quantitative estimate of drug-likeness (QED) is 0.845. The van der Waals surface area contributed by atoms with Crippen LogP contribution in [0.1, 0.15) is 24.0 Å². The minimum absolute atomic E-state index is 0.0153. The van der Waals surface area contributed by atoms with E-state index in [2.05, 4.69) is 17.4 Å². The van der Waals surface area contributed by atoms with Crippen molar-refractivity contribution >= 4 is 23.4 Å². The zero-order valence-corrected chi connectivity index (χ0v) is 15.9. The highest BCUT2D eigenvalue weighted by atomic mass is 19.1. The molecule has 7 heteroatoms. The first-order chi connectivity index (χ1) is 14.1. The van der Waals surface area contributed by atoms with Gasteiger partial charge in [0.1, 0.15) is 11.9 Å². The van der Waals surface area contributed by atoms with Gasteiger partial charge in [-0.05, 0) is 42.2 Å². The zero-order valence-electron chi connectivity index (χ0n) is 15.9. The first-order valence-corrected chi connectivity index (χ1v) is 9.95. The summed E-state index contributed by atoms with van der Waals surface area (Å²) in [5.41, 5.74) is 3.39. The summed E-state index contributed by atoms with van der Waals surface area (Å²) >= 11 is 0. The van der Waals surface area contributed by atoms with E-state index in [1.165, 1.54) is 22.1 Å². The molecule has 2 fully saturated rings. The van der Waals surface area contributed by atoms with Gasteiger partial charge < -0.3 is 15.0 Å². The van der Waals surface area contributed by atoms with E-state index >= 15 is 0 Å². The molecule has 2 amide bonds. The third-order valence-electron chi connectivity index (χ3n) is 5.75. The third kappa shape index (κ3) is 3.52. The average Bonchev–Trinajstić information content (AvgIpc) is 3.37. The van der Waals surface area contributed by atoms with Crippen molar-refractivity contribution in [2.75, 3.05) is 22.9 Å². The number of cyclic esters (lactones) is 1. The Morgan fingerprint density at radius 1 is 1.14 bits per heavy atom. The van der Waals surface area contributed by atoms with Crippen LogP contribution in [0.2, 0.25) is 0 Å². The van der Waals surface area contributed by atoms with Crippen molar-refractivity contribution < 1.29 is 18.7 Å². The van der Waals surface area contributed by atoms with Gasteiger partial charge in [-0.15, -0.1) is 0 Å². The van der Waals surface area contributed by atoms with Crippen LogP contribution in [-0.2, 0) is 22.6 Å². The van der Waals surface area contributed by atoms with E-state index < -0.39 is 12.2 Å². The highest BCUT2D eigenvalue weighted by Crippen LogP contribution is 2.33. The summed E-state index contributed by atoms with van der Waals surface area (Å²) in [6, 6.07) is 12.9. The Labute approximate surface area is 168 Å². The topological polar surface area (TPSA) is 61.9 Å². The van der Waals surface area contributed by atoms with Crippen LogP contribution in [0.15, 0.2) is 42.5 Å². The number of hydrogen-bond donors (Lipinski definition) is 1. The predicted molar refractivity (Wildman–Crippen MR) is 106 cm³/mol. The monoisotopic (exact) mass is 395 g/mol. The molecule has 2 aromatic carbocycles. The second-order valence-electron chi connectivity index (χ2n) is 7.90. The van der Waals surface area contributed by atoms with Gasteiger partial charge in [0.05, 0.1) is 24.5 Å². The molecule has 5 rings (SSSR count). The molecule has 2 heterocycles. The van der Waals surface area contributed by atoms with E-state index in [0.29, 0.717) is 24.5 Å². The molecule has 6 nitrogen and oxygen atoms in total. The Morgan fingerprint density at radius 3 is 2.52 bits per heavy atom. The van der Waals surface area contributed by atoms with Gasteiger partial charge in [-0.25, -0.2) is 9.18 Å². The molecule has 3 aliphatic rings. The number of anilines is 2. The molecule has 0 bridgehead atoms. The van der Waals surface area contributed by atoms with Crippen LogP contribution in [0.4, 0.5) is 20.6 Å². The maximum absolute atomic E-state index is 14.9. The van der Waals surface area contributed by atoms with E-state index in [9.17, 15) is 14.0 Å². The maximum Gasteiger partial charge on any atom is 0.414 e. The summed E-state index contributed by atoms with van der Waals surface area (Å²) in [4.78, 5) is 27.4. The Kier molecular flexibility index (Phi) is 4.38. The van der Waals surface area contributed by atoms with Gasteiger partial charge in [0.2, 0.25) is 5.91 Å². The van der Waals surface area contributed by atoms with Gasteiger partial charge >= 0.3 is 6.09 Å². The van der Waals surface area contributed by atoms with Crippen LogP contribution < -0.4 is 15.1 Å². The van der Waals surface area contributed by atoms with E-state index in [0.717, 1.165) is 12.8 Å². The lowest BCUT2D eigenvalue weighted by Crippen LogP contribution is -2.35. The van der Waals surface area contributed by atoms with Gasteiger partial charge in [0, 0.05) is 19.0 Å². The van der Waals surface area contributed by atoms with Crippen LogP contribution in [0.3, 0.4) is 0 Å². The predicted octanol–water partition coefficient (Wildman–Crippen LogP) is 3.20. The number of halogens is 1. The SMILES string of the molecule is O=C(NC[C@H]1CN(c2ccc(N3Cc4ccccc4C3)c(F)c2)C(=O)O1)C1CC1. The van der Waals surface area contributed by atoms with Gasteiger partial charge in [0.25, 0.3) is 0 Å². The van der Waals surface area contributed by atoms with E-state index in [1.54, 1.807) is 12.1 Å². The fraction of sp³-hybridized carbons (Fsp3) is 0.364. The van der Waals surface area contributed by atoms with Gasteiger partial charge in [-0.1, -0.05) is 24.3 Å². The van der Waals surface area contributed by atoms with E-state index in [4.69, 9.17) is 4.74 Å². The van der Waals surface area contributed by atoms with Crippen molar-refractivity contribution in [1.29, 1.82) is 0 Å². The summed E-state index contributed by atoms with van der Waals surface area (Å²) < 4.78 is 20.2. The van der Waals surface area contributed by atoms with E-state index in [1.807, 2.05) is 17.0 Å². The van der Waals surface area contributed by atoms with Crippen molar-refractivity contribution in [1.82, 2.24) is 5.32 Å². The van der Waals surface area contributed by atoms with Gasteiger partial charge in [-0.2, -0.15) is 0 Å². The molecule has 0 aromatic heterocycles. The number of carbonyl (C=O) groups excluding carboxylic acids is 2. The van der Waals surface area contributed by atoms with Crippen molar-refractivity contribution in [2.24, 2.45) is 5.92 Å². The molecule has 2 aliphatic heterocycles. The number of rotatable bonds is 5. The summed E-state index contributed by atoms with van der Waals surface area (Å²) in [7, 11) is 0. The number of benzene rings is 2. The zero-order chi connectivity index (χ0) is 20.0. The Morgan fingerprint density at radius 2 is 1.86 bits per heavy atom. The molecule has 0 unspecified atom stereocenters. The van der Waals surface area contributed by atoms with Crippen molar-refractivity contribution in [3.63, 3.8) is 0 Å². The Bertz CT molecular complexity index is 951. The number of hydrogen-bond acceptors (Lipinski definition) is 4. The second kappa shape index (κ2) is 7.06. The normalized spacial score (nSPS) is 20.6. The smallest absolute Gasteiger partial charge is 0.414 e. The summed E-state index contributed by atoms with van der Waals surface area (Å²) in [6.07, 6.45) is 0.907. The Hall–Kier alpha value is -3.09. The van der Waals surface area contributed by atoms with Crippen LogP contribution in [0.25, 0.3) is 0 Å². The van der Waals surface area contributed by atoms with E-state index in [-0.39, 0.29) is 30.7 Å². The highest BCUT2D eigenvalue weighted by molar-refractivity contribution is 5.90. The fourth-order valence-electron chi connectivity index (χ4n) is 3.97. The number of ether oxygens (including phenoxy) is 1. The molecule has 150 valence electrons. The molecule has 0 spiro atoms. The molecule has 0 radical (unpaired) electrons. The molecule has 1 saturated heterocycles. The minimum Gasteiger partial charge on any atom is -0.442 e. The summed E-state index contributed by atoms with van der Waals surface area (Å²) in [6.45, 7) is 1.91. The molecule has 1 N–H and O–H groups in total. The molecule has 1 saturated carbocycles. The number of nitrogens with zero attached hydrogens (tertiary/aromatic N) is 2. The molecular weight excluding hydrogens is 373 g/mol.